The SMILES string of the molecule is CCn1c(S[C@H]2CCc3ccccc3NC2=O)nnc1-c1ccncc1. The first-order valence-electron chi connectivity index (χ1n) is 8.65. The molecular weight excluding hydrogens is 346 g/mol. The van der Waals surface area contributed by atoms with Crippen LogP contribution in [0.3, 0.4) is 0 Å². The number of nitrogens with zero attached hydrogens (tertiary/aromatic N) is 4. The highest BCUT2D eigenvalue weighted by Gasteiger charge is 2.27. The standard InChI is InChI=1S/C19H19N5OS/c1-2-24-17(14-9-11-20-12-10-14)22-23-19(24)26-16-8-7-13-5-3-4-6-15(13)21-18(16)25/h3-6,9-12,16H,2,7-8H2,1H3,(H,21,25)/t16-/m0/s1. The molecule has 7 heteroatoms. The van der Waals surface area contributed by atoms with Gasteiger partial charge in [-0.05, 0) is 43.5 Å². The van der Waals surface area contributed by atoms with Crippen molar-refractivity contribution in [2.24, 2.45) is 0 Å². The van der Waals surface area contributed by atoms with Crippen LogP contribution in [-0.4, -0.2) is 30.9 Å². The van der Waals surface area contributed by atoms with Crippen LogP contribution in [0.15, 0.2) is 53.9 Å². The number of para-hydroxylation sites is 1. The number of nitrogens with one attached hydrogen (secondary N) is 1. The normalized spacial score (nSPS) is 16.7. The third-order valence-electron chi connectivity index (χ3n) is 4.46. The van der Waals surface area contributed by atoms with Crippen LogP contribution in [0, 0.1) is 0 Å². The first-order chi connectivity index (χ1) is 12.8. The van der Waals surface area contributed by atoms with Gasteiger partial charge in [-0.1, -0.05) is 30.0 Å². The summed E-state index contributed by atoms with van der Waals surface area (Å²) in [5, 5.41) is 12.3. The molecule has 1 aliphatic rings. The number of thioether (sulfide) groups is 1. The second-order valence-corrected chi connectivity index (χ2v) is 7.25. The van der Waals surface area contributed by atoms with Gasteiger partial charge in [0.05, 0.1) is 5.25 Å². The van der Waals surface area contributed by atoms with Crippen LogP contribution in [0.25, 0.3) is 11.4 Å². The maximum absolute atomic E-state index is 12.7. The van der Waals surface area contributed by atoms with Gasteiger partial charge in [-0.15, -0.1) is 10.2 Å². The largest absolute Gasteiger partial charge is 0.325 e. The van der Waals surface area contributed by atoms with Gasteiger partial charge >= 0.3 is 0 Å². The van der Waals surface area contributed by atoms with Crippen LogP contribution in [-0.2, 0) is 17.8 Å². The van der Waals surface area contributed by atoms with Crippen molar-refractivity contribution >= 4 is 23.4 Å². The summed E-state index contributed by atoms with van der Waals surface area (Å²) in [7, 11) is 0. The first kappa shape index (κ1) is 16.8. The van der Waals surface area contributed by atoms with E-state index in [0.717, 1.165) is 41.6 Å². The molecule has 0 fully saturated rings. The number of hydrogen-bond donors (Lipinski definition) is 1. The van der Waals surface area contributed by atoms with E-state index in [1.807, 2.05) is 34.9 Å². The van der Waals surface area contributed by atoms with E-state index in [1.54, 1.807) is 12.4 Å². The zero-order chi connectivity index (χ0) is 17.9. The number of hydrogen-bond acceptors (Lipinski definition) is 5. The molecule has 0 aliphatic carbocycles. The molecule has 1 aliphatic heterocycles. The van der Waals surface area contributed by atoms with E-state index in [4.69, 9.17) is 0 Å². The van der Waals surface area contributed by atoms with E-state index in [1.165, 1.54) is 17.3 Å². The number of carbonyl (C=O) groups excluding carboxylic acids is 1. The highest BCUT2D eigenvalue weighted by molar-refractivity contribution is 8.00. The summed E-state index contributed by atoms with van der Waals surface area (Å²) in [6.07, 6.45) is 5.12. The lowest BCUT2D eigenvalue weighted by Crippen LogP contribution is -2.24. The molecule has 0 saturated carbocycles. The number of amides is 1. The lowest BCUT2D eigenvalue weighted by molar-refractivity contribution is -0.115. The average Bonchev–Trinajstić information content (AvgIpc) is 3.01. The molecule has 4 rings (SSSR count). The van der Waals surface area contributed by atoms with Crippen LogP contribution < -0.4 is 5.32 Å². The quantitative estimate of drug-likeness (QED) is 0.767. The number of anilines is 1. The van der Waals surface area contributed by atoms with E-state index in [9.17, 15) is 4.79 Å². The molecule has 3 heterocycles. The van der Waals surface area contributed by atoms with Crippen LogP contribution in [0.4, 0.5) is 5.69 Å². The van der Waals surface area contributed by atoms with E-state index in [0.29, 0.717) is 0 Å². The highest BCUT2D eigenvalue weighted by Crippen LogP contribution is 2.32. The van der Waals surface area contributed by atoms with Gasteiger partial charge in [0.1, 0.15) is 0 Å². The van der Waals surface area contributed by atoms with Gasteiger partial charge in [-0.2, -0.15) is 0 Å². The third kappa shape index (κ3) is 3.22. The molecule has 1 N–H and O–H groups in total. The zero-order valence-corrected chi connectivity index (χ0v) is 15.2. The summed E-state index contributed by atoms with van der Waals surface area (Å²) in [6, 6.07) is 11.8. The maximum atomic E-state index is 12.7. The van der Waals surface area contributed by atoms with Gasteiger partial charge in [0.2, 0.25) is 5.91 Å². The fraction of sp³-hybridized carbons (Fsp3) is 0.263. The van der Waals surface area contributed by atoms with E-state index in [-0.39, 0.29) is 11.2 Å². The topological polar surface area (TPSA) is 72.7 Å². The molecule has 1 atom stereocenters. The summed E-state index contributed by atoms with van der Waals surface area (Å²) in [5.41, 5.74) is 3.06. The number of carbonyl (C=O) groups is 1. The summed E-state index contributed by atoms with van der Waals surface area (Å²) in [4.78, 5) is 16.7. The lowest BCUT2D eigenvalue weighted by atomic mass is 10.1. The van der Waals surface area contributed by atoms with Crippen molar-refractivity contribution in [3.63, 3.8) is 0 Å². The van der Waals surface area contributed by atoms with Crippen LogP contribution in [0.2, 0.25) is 0 Å². The molecule has 0 unspecified atom stereocenters. The predicted molar refractivity (Wildman–Crippen MR) is 102 cm³/mol. The van der Waals surface area contributed by atoms with E-state index in [2.05, 4.69) is 33.5 Å². The minimum atomic E-state index is -0.192. The van der Waals surface area contributed by atoms with Crippen LogP contribution >= 0.6 is 11.8 Å². The maximum Gasteiger partial charge on any atom is 0.237 e. The molecule has 2 aromatic heterocycles. The Morgan fingerprint density at radius 1 is 1.19 bits per heavy atom. The van der Waals surface area contributed by atoms with Gasteiger partial charge in [-0.25, -0.2) is 0 Å². The summed E-state index contributed by atoms with van der Waals surface area (Å²) in [6.45, 7) is 2.79. The number of aromatic nitrogens is 4. The first-order valence-corrected chi connectivity index (χ1v) is 9.53. The Balaban J connectivity index is 1.58. The monoisotopic (exact) mass is 365 g/mol. The fourth-order valence-electron chi connectivity index (χ4n) is 3.11. The van der Waals surface area contributed by atoms with E-state index < -0.39 is 0 Å². The predicted octanol–water partition coefficient (Wildman–Crippen LogP) is 3.41. The molecule has 0 radical (unpaired) electrons. The minimum Gasteiger partial charge on any atom is -0.325 e. The molecule has 3 aromatic rings. The van der Waals surface area contributed by atoms with Crippen LogP contribution in [0.5, 0.6) is 0 Å². The second-order valence-electron chi connectivity index (χ2n) is 6.08. The van der Waals surface area contributed by atoms with Gasteiger partial charge < -0.3 is 9.88 Å². The smallest absolute Gasteiger partial charge is 0.237 e. The van der Waals surface area contributed by atoms with Crippen molar-refractivity contribution in [3.05, 3.63) is 54.4 Å². The van der Waals surface area contributed by atoms with Crippen molar-refractivity contribution in [2.75, 3.05) is 5.32 Å². The van der Waals surface area contributed by atoms with Crippen LogP contribution in [0.1, 0.15) is 18.9 Å². The molecule has 1 aromatic carbocycles. The molecule has 0 saturated heterocycles. The minimum absolute atomic E-state index is 0.0241. The number of pyridine rings is 1. The van der Waals surface area contributed by atoms with Crippen molar-refractivity contribution in [3.8, 4) is 11.4 Å². The molecular formula is C19H19N5OS. The Labute approximate surface area is 156 Å². The molecule has 0 bridgehead atoms. The number of benzene rings is 1. The van der Waals surface area contributed by atoms with Gasteiger partial charge in [0, 0.05) is 30.2 Å². The van der Waals surface area contributed by atoms with Gasteiger partial charge in [0.25, 0.3) is 0 Å². The molecule has 132 valence electrons. The number of aryl methyl sites for hydroxylation is 1. The Hall–Kier alpha value is -2.67. The zero-order valence-electron chi connectivity index (χ0n) is 14.4. The van der Waals surface area contributed by atoms with Crippen molar-refractivity contribution in [1.29, 1.82) is 0 Å². The molecule has 1 amide bonds. The van der Waals surface area contributed by atoms with Crippen molar-refractivity contribution < 1.29 is 4.79 Å². The average molecular weight is 365 g/mol. The van der Waals surface area contributed by atoms with Gasteiger partial charge in [0.15, 0.2) is 11.0 Å². The fourth-order valence-corrected chi connectivity index (χ4v) is 4.19. The van der Waals surface area contributed by atoms with E-state index >= 15 is 0 Å². The number of fused-ring (bicyclic) bond motifs is 1. The Kier molecular flexibility index (Phi) is 4.71. The van der Waals surface area contributed by atoms with Gasteiger partial charge in [-0.3, -0.25) is 9.78 Å². The summed E-state index contributed by atoms with van der Waals surface area (Å²) >= 11 is 1.48. The molecule has 6 nitrogen and oxygen atoms in total. The Morgan fingerprint density at radius 3 is 2.81 bits per heavy atom. The Bertz CT molecular complexity index is 925. The third-order valence-corrected chi connectivity index (χ3v) is 5.71. The second kappa shape index (κ2) is 7.29. The highest BCUT2D eigenvalue weighted by atomic mass is 32.2. The number of rotatable bonds is 4. The molecule has 0 spiro atoms. The summed E-state index contributed by atoms with van der Waals surface area (Å²) in [5.74, 6) is 0.825. The van der Waals surface area contributed by atoms with Crippen molar-refractivity contribution in [2.45, 2.75) is 36.7 Å². The summed E-state index contributed by atoms with van der Waals surface area (Å²) < 4.78 is 2.05. The van der Waals surface area contributed by atoms with Crippen molar-refractivity contribution in [1.82, 2.24) is 19.7 Å². The Morgan fingerprint density at radius 2 is 2.00 bits per heavy atom. The molecule has 26 heavy (non-hydrogen) atoms. The lowest BCUT2D eigenvalue weighted by Gasteiger charge is -2.13.